The van der Waals surface area contributed by atoms with Crippen molar-refractivity contribution in [1.82, 2.24) is 10.2 Å². The van der Waals surface area contributed by atoms with Gasteiger partial charge in [-0.25, -0.2) is 4.79 Å². The quantitative estimate of drug-likeness (QED) is 0.765. The van der Waals surface area contributed by atoms with Crippen LogP contribution in [0.1, 0.15) is 45.4 Å². The van der Waals surface area contributed by atoms with E-state index in [4.69, 9.17) is 9.84 Å². The van der Waals surface area contributed by atoms with Gasteiger partial charge in [0.25, 0.3) is 0 Å². The van der Waals surface area contributed by atoms with Gasteiger partial charge >= 0.3 is 5.97 Å². The van der Waals surface area contributed by atoms with Crippen LogP contribution in [-0.4, -0.2) is 59.8 Å². The third-order valence-electron chi connectivity index (χ3n) is 4.55. The monoisotopic (exact) mass is 298 g/mol. The van der Waals surface area contributed by atoms with E-state index in [0.717, 1.165) is 38.8 Å². The minimum absolute atomic E-state index is 0.00226. The van der Waals surface area contributed by atoms with Gasteiger partial charge in [0, 0.05) is 19.1 Å². The first kappa shape index (κ1) is 16.2. The second kappa shape index (κ2) is 7.75. The van der Waals surface area contributed by atoms with E-state index in [1.807, 2.05) is 6.92 Å². The molecule has 1 heterocycles. The van der Waals surface area contributed by atoms with Gasteiger partial charge in [0.1, 0.15) is 6.61 Å². The van der Waals surface area contributed by atoms with Crippen molar-refractivity contribution < 1.29 is 19.4 Å². The molecule has 6 heteroatoms. The maximum absolute atomic E-state index is 12.2. The number of nitrogens with zero attached hydrogens (tertiary/aromatic N) is 1. The summed E-state index contributed by atoms with van der Waals surface area (Å²) in [4.78, 5) is 24.9. The summed E-state index contributed by atoms with van der Waals surface area (Å²) >= 11 is 0. The summed E-state index contributed by atoms with van der Waals surface area (Å²) in [6.45, 7) is 3.28. The van der Waals surface area contributed by atoms with Crippen molar-refractivity contribution in [1.29, 1.82) is 0 Å². The molecule has 1 atom stereocenters. The second-order valence-corrected chi connectivity index (χ2v) is 6.11. The van der Waals surface area contributed by atoms with Crippen LogP contribution >= 0.6 is 0 Å². The Balaban J connectivity index is 1.70. The molecule has 2 N–H and O–H groups in total. The molecule has 1 saturated carbocycles. The number of carboxylic acid groups (broad SMARTS) is 1. The average molecular weight is 298 g/mol. The Morgan fingerprint density at radius 1 is 1.24 bits per heavy atom. The predicted molar refractivity (Wildman–Crippen MR) is 78.0 cm³/mol. The van der Waals surface area contributed by atoms with Crippen molar-refractivity contribution in [2.45, 2.75) is 63.6 Å². The molecule has 0 bridgehead atoms. The molecule has 0 aromatic rings. The lowest BCUT2D eigenvalue weighted by molar-refractivity contribution is -0.145. The highest BCUT2D eigenvalue weighted by Crippen LogP contribution is 2.19. The van der Waals surface area contributed by atoms with Crippen molar-refractivity contribution >= 4 is 11.9 Å². The minimum atomic E-state index is -0.929. The first-order chi connectivity index (χ1) is 10.1. The van der Waals surface area contributed by atoms with Crippen LogP contribution in [-0.2, 0) is 14.3 Å². The van der Waals surface area contributed by atoms with E-state index < -0.39 is 5.97 Å². The van der Waals surface area contributed by atoms with Crippen LogP contribution in [0.2, 0.25) is 0 Å². The van der Waals surface area contributed by atoms with E-state index in [2.05, 4.69) is 10.2 Å². The van der Waals surface area contributed by atoms with Crippen LogP contribution in [0.3, 0.4) is 0 Å². The third kappa shape index (κ3) is 4.97. The molecule has 1 unspecified atom stereocenters. The summed E-state index contributed by atoms with van der Waals surface area (Å²) < 4.78 is 5.31. The Hall–Kier alpha value is -1.14. The highest BCUT2D eigenvalue weighted by atomic mass is 16.5. The molecule has 1 saturated heterocycles. The van der Waals surface area contributed by atoms with Crippen LogP contribution in [0.4, 0.5) is 0 Å². The lowest BCUT2D eigenvalue weighted by Crippen LogP contribution is -2.51. The Morgan fingerprint density at radius 3 is 2.43 bits per heavy atom. The summed E-state index contributed by atoms with van der Waals surface area (Å²) in [6.07, 6.45) is 6.20. The first-order valence-electron chi connectivity index (χ1n) is 7.94. The first-order valence-corrected chi connectivity index (χ1v) is 7.94. The zero-order valence-electron chi connectivity index (χ0n) is 12.7. The third-order valence-corrected chi connectivity index (χ3v) is 4.55. The van der Waals surface area contributed by atoms with Crippen LogP contribution in [0.25, 0.3) is 0 Å². The molecule has 1 aliphatic heterocycles. The molecule has 1 amide bonds. The summed E-state index contributed by atoms with van der Waals surface area (Å²) in [6, 6.07) is 0.238. The number of aliphatic carboxylic acids is 1. The van der Waals surface area contributed by atoms with Gasteiger partial charge in [-0.3, -0.25) is 9.69 Å². The van der Waals surface area contributed by atoms with Gasteiger partial charge in [0.05, 0.1) is 12.1 Å². The molecule has 120 valence electrons. The van der Waals surface area contributed by atoms with Crippen LogP contribution < -0.4 is 5.32 Å². The number of carbonyl (C=O) groups excluding carboxylic acids is 1. The Labute approximate surface area is 125 Å². The Bertz CT molecular complexity index is 361. The number of carboxylic acids is 1. The number of nitrogens with one attached hydrogen (secondary N) is 1. The van der Waals surface area contributed by atoms with E-state index in [9.17, 15) is 9.59 Å². The van der Waals surface area contributed by atoms with Crippen molar-refractivity contribution in [3.05, 3.63) is 0 Å². The molecule has 0 radical (unpaired) electrons. The molecule has 0 spiro atoms. The van der Waals surface area contributed by atoms with Crippen molar-refractivity contribution in [2.75, 3.05) is 19.7 Å². The fourth-order valence-electron chi connectivity index (χ4n) is 3.18. The average Bonchev–Trinajstić information content (AvgIpc) is 2.97. The minimum Gasteiger partial charge on any atom is -0.480 e. The molecule has 21 heavy (non-hydrogen) atoms. The van der Waals surface area contributed by atoms with Crippen LogP contribution in [0.5, 0.6) is 0 Å². The lowest BCUT2D eigenvalue weighted by Gasteiger charge is -2.35. The molecule has 1 aliphatic carbocycles. The van der Waals surface area contributed by atoms with Gasteiger partial charge < -0.3 is 15.2 Å². The number of hydrogen-bond donors (Lipinski definition) is 2. The smallest absolute Gasteiger partial charge is 0.329 e. The molecule has 6 nitrogen and oxygen atoms in total. The normalized spacial score (nSPS) is 23.1. The lowest BCUT2D eigenvalue weighted by atomic mass is 10.1. The van der Waals surface area contributed by atoms with Gasteiger partial charge in [-0.15, -0.1) is 0 Å². The maximum Gasteiger partial charge on any atom is 0.329 e. The topological polar surface area (TPSA) is 78.9 Å². The number of hydrogen-bond acceptors (Lipinski definition) is 4. The molecule has 0 aromatic carbocycles. The molecular formula is C15H26N2O4. The van der Waals surface area contributed by atoms with Crippen LogP contribution in [0.15, 0.2) is 0 Å². The Morgan fingerprint density at radius 2 is 1.86 bits per heavy atom. The predicted octanol–water partition coefficient (Wildman–Crippen LogP) is 0.999. The van der Waals surface area contributed by atoms with Gasteiger partial charge in [-0.1, -0.05) is 12.8 Å². The molecule has 2 fully saturated rings. The molecule has 2 rings (SSSR count). The second-order valence-electron chi connectivity index (χ2n) is 6.11. The largest absolute Gasteiger partial charge is 0.480 e. The number of carbonyl (C=O) groups is 2. The Kier molecular flexibility index (Phi) is 5.99. The number of ether oxygens (including phenoxy) is 1. The summed E-state index contributed by atoms with van der Waals surface area (Å²) in [5, 5.41) is 11.7. The van der Waals surface area contributed by atoms with Crippen LogP contribution in [0, 0.1) is 0 Å². The van der Waals surface area contributed by atoms with Gasteiger partial charge in [-0.05, 0) is 32.6 Å². The van der Waals surface area contributed by atoms with Crippen molar-refractivity contribution in [2.24, 2.45) is 0 Å². The van der Waals surface area contributed by atoms with Crippen molar-refractivity contribution in [3.8, 4) is 0 Å². The van der Waals surface area contributed by atoms with Gasteiger partial charge in [-0.2, -0.15) is 0 Å². The highest BCUT2D eigenvalue weighted by molar-refractivity contribution is 5.81. The van der Waals surface area contributed by atoms with E-state index in [0.29, 0.717) is 6.04 Å². The molecule has 0 aromatic heterocycles. The van der Waals surface area contributed by atoms with E-state index in [-0.39, 0.29) is 24.7 Å². The fourth-order valence-corrected chi connectivity index (χ4v) is 3.18. The number of rotatable bonds is 6. The summed E-state index contributed by atoms with van der Waals surface area (Å²) in [7, 11) is 0. The highest BCUT2D eigenvalue weighted by Gasteiger charge is 2.28. The summed E-state index contributed by atoms with van der Waals surface area (Å²) in [5.41, 5.74) is 0. The fraction of sp³-hybridized carbons (Fsp3) is 0.867. The van der Waals surface area contributed by atoms with E-state index in [1.165, 1.54) is 12.8 Å². The zero-order valence-corrected chi connectivity index (χ0v) is 12.7. The molecular weight excluding hydrogens is 272 g/mol. The summed E-state index contributed by atoms with van der Waals surface area (Å²) in [5.74, 6) is -0.812. The number of piperidine rings is 1. The van der Waals surface area contributed by atoms with E-state index in [1.54, 1.807) is 0 Å². The maximum atomic E-state index is 12.2. The van der Waals surface area contributed by atoms with Crippen molar-refractivity contribution in [3.63, 3.8) is 0 Å². The standard InChI is InChI=1S/C15H26N2O4/c1-11(15(20)16-12-4-2-3-5-12)17-8-6-13(7-9-17)21-10-14(18)19/h11-13H,2-10H2,1H3,(H,16,20)(H,18,19). The van der Waals surface area contributed by atoms with Gasteiger partial charge in [0.2, 0.25) is 5.91 Å². The van der Waals surface area contributed by atoms with Gasteiger partial charge in [0.15, 0.2) is 0 Å². The molecule has 2 aliphatic rings. The SMILES string of the molecule is CC(C(=O)NC1CCCC1)N1CCC(OCC(=O)O)CC1. The zero-order chi connectivity index (χ0) is 15.2. The number of amides is 1. The van der Waals surface area contributed by atoms with E-state index >= 15 is 0 Å². The number of likely N-dealkylation sites (tertiary alicyclic amines) is 1.